The van der Waals surface area contributed by atoms with E-state index < -0.39 is 0 Å². The van der Waals surface area contributed by atoms with Crippen molar-refractivity contribution in [3.05, 3.63) is 64.9 Å². The highest BCUT2D eigenvalue weighted by atomic mass is 35.5. The summed E-state index contributed by atoms with van der Waals surface area (Å²) in [5, 5.41) is 15.7. The number of carbonyl (C=O) groups is 2. The molecule has 1 aromatic heterocycles. The van der Waals surface area contributed by atoms with E-state index in [-0.39, 0.29) is 29.5 Å². The van der Waals surface area contributed by atoms with Crippen molar-refractivity contribution < 1.29 is 14.3 Å². The van der Waals surface area contributed by atoms with Gasteiger partial charge < -0.3 is 19.9 Å². The zero-order valence-corrected chi connectivity index (χ0v) is 21.1. The Hall–Kier alpha value is -3.04. The molecule has 34 heavy (non-hydrogen) atoms. The fourth-order valence-electron chi connectivity index (χ4n) is 3.32. The Morgan fingerprint density at radius 3 is 2.50 bits per heavy atom. The number of thioether (sulfide) groups is 1. The Morgan fingerprint density at radius 2 is 1.88 bits per heavy atom. The normalized spacial score (nSPS) is 11.8. The summed E-state index contributed by atoms with van der Waals surface area (Å²) in [6.45, 7) is 6.60. The molecule has 10 heteroatoms. The SMILES string of the molecule is CCn1c(SCC(=O)Nc2cccc(Cl)c2)nnc1C(NC(=O)c1ccc(OC)cc1)C(C)C. The Morgan fingerprint density at radius 1 is 1.15 bits per heavy atom. The van der Waals surface area contributed by atoms with Crippen molar-refractivity contribution in [3.8, 4) is 5.75 Å². The Labute approximate surface area is 208 Å². The highest BCUT2D eigenvalue weighted by Gasteiger charge is 2.26. The van der Waals surface area contributed by atoms with Crippen molar-refractivity contribution in [2.45, 2.75) is 38.5 Å². The van der Waals surface area contributed by atoms with E-state index in [0.717, 1.165) is 0 Å². The van der Waals surface area contributed by atoms with E-state index in [2.05, 4.69) is 20.8 Å². The molecule has 0 saturated carbocycles. The number of amides is 2. The van der Waals surface area contributed by atoms with Crippen LogP contribution in [0, 0.1) is 5.92 Å². The number of anilines is 1. The minimum atomic E-state index is -0.350. The second kappa shape index (κ2) is 11.9. The van der Waals surface area contributed by atoms with E-state index in [9.17, 15) is 9.59 Å². The number of nitrogens with one attached hydrogen (secondary N) is 2. The van der Waals surface area contributed by atoms with Crippen molar-refractivity contribution >= 4 is 40.9 Å². The second-order valence-corrected chi connectivity index (χ2v) is 9.23. The Kier molecular flexibility index (Phi) is 8.95. The second-order valence-electron chi connectivity index (χ2n) is 7.86. The van der Waals surface area contributed by atoms with Gasteiger partial charge in [-0.3, -0.25) is 9.59 Å². The fraction of sp³-hybridized carbons (Fsp3) is 0.333. The molecule has 0 aliphatic carbocycles. The van der Waals surface area contributed by atoms with Gasteiger partial charge >= 0.3 is 0 Å². The van der Waals surface area contributed by atoms with Gasteiger partial charge in [0.25, 0.3) is 5.91 Å². The van der Waals surface area contributed by atoms with Crippen molar-refractivity contribution in [3.63, 3.8) is 0 Å². The Balaban J connectivity index is 1.70. The zero-order chi connectivity index (χ0) is 24.7. The number of hydrogen-bond donors (Lipinski definition) is 2. The predicted molar refractivity (Wildman–Crippen MR) is 135 cm³/mol. The molecule has 1 heterocycles. The number of benzene rings is 2. The van der Waals surface area contributed by atoms with Crippen LogP contribution < -0.4 is 15.4 Å². The van der Waals surface area contributed by atoms with Gasteiger partial charge in [-0.1, -0.05) is 43.3 Å². The molecule has 0 radical (unpaired) electrons. The van der Waals surface area contributed by atoms with Crippen molar-refractivity contribution in [2.24, 2.45) is 5.92 Å². The molecule has 2 N–H and O–H groups in total. The smallest absolute Gasteiger partial charge is 0.251 e. The third-order valence-electron chi connectivity index (χ3n) is 5.09. The molecule has 3 rings (SSSR count). The number of nitrogens with zero attached hydrogens (tertiary/aromatic N) is 3. The third kappa shape index (κ3) is 6.51. The lowest BCUT2D eigenvalue weighted by Crippen LogP contribution is -2.33. The standard InChI is InChI=1S/C24H28ClN5O3S/c1-5-30-22(21(15(2)3)27-23(32)16-9-11-19(33-4)12-10-16)28-29-24(30)34-14-20(31)26-18-8-6-7-17(25)13-18/h6-13,15,21H,5,14H2,1-4H3,(H,26,31)(H,27,32). The monoisotopic (exact) mass is 501 g/mol. The molecule has 3 aromatic rings. The number of ether oxygens (including phenoxy) is 1. The van der Waals surface area contributed by atoms with Crippen LogP contribution in [0.1, 0.15) is 43.0 Å². The fourth-order valence-corrected chi connectivity index (χ4v) is 4.32. The van der Waals surface area contributed by atoms with Gasteiger partial charge in [-0.05, 0) is 55.3 Å². The average Bonchev–Trinajstić information content (AvgIpc) is 3.23. The summed E-state index contributed by atoms with van der Waals surface area (Å²) in [4.78, 5) is 25.3. The van der Waals surface area contributed by atoms with Crippen molar-refractivity contribution in [1.82, 2.24) is 20.1 Å². The lowest BCUT2D eigenvalue weighted by Gasteiger charge is -2.22. The zero-order valence-electron chi connectivity index (χ0n) is 19.5. The van der Waals surface area contributed by atoms with Gasteiger partial charge in [0.15, 0.2) is 11.0 Å². The summed E-state index contributed by atoms with van der Waals surface area (Å²) in [6, 6.07) is 13.6. The topological polar surface area (TPSA) is 98.1 Å². The molecule has 0 aliphatic rings. The van der Waals surface area contributed by atoms with Gasteiger partial charge in [-0.2, -0.15) is 0 Å². The molecule has 0 fully saturated rings. The number of hydrogen-bond acceptors (Lipinski definition) is 6. The maximum absolute atomic E-state index is 12.9. The minimum absolute atomic E-state index is 0.0701. The van der Waals surface area contributed by atoms with Gasteiger partial charge in [0.1, 0.15) is 5.75 Å². The summed E-state index contributed by atoms with van der Waals surface area (Å²) in [7, 11) is 1.58. The minimum Gasteiger partial charge on any atom is -0.497 e. The summed E-state index contributed by atoms with van der Waals surface area (Å²) in [5.74, 6) is 1.19. The first-order chi connectivity index (χ1) is 16.3. The summed E-state index contributed by atoms with van der Waals surface area (Å²) >= 11 is 7.26. The van der Waals surface area contributed by atoms with E-state index in [1.165, 1.54) is 11.8 Å². The largest absolute Gasteiger partial charge is 0.497 e. The van der Waals surface area contributed by atoms with E-state index >= 15 is 0 Å². The summed E-state index contributed by atoms with van der Waals surface area (Å²) in [5.41, 5.74) is 1.16. The number of aromatic nitrogens is 3. The first kappa shape index (κ1) is 25.6. The Bertz CT molecular complexity index is 1130. The molecule has 1 atom stereocenters. The maximum Gasteiger partial charge on any atom is 0.251 e. The number of rotatable bonds is 10. The van der Waals surface area contributed by atoms with Crippen molar-refractivity contribution in [1.29, 1.82) is 0 Å². The van der Waals surface area contributed by atoms with E-state index in [1.807, 2.05) is 25.3 Å². The van der Waals surface area contributed by atoms with Crippen LogP contribution in [0.15, 0.2) is 53.7 Å². The highest BCUT2D eigenvalue weighted by Crippen LogP contribution is 2.26. The maximum atomic E-state index is 12.9. The van der Waals surface area contributed by atoms with Crippen LogP contribution >= 0.6 is 23.4 Å². The van der Waals surface area contributed by atoms with Crippen LogP contribution in [-0.4, -0.2) is 39.4 Å². The third-order valence-corrected chi connectivity index (χ3v) is 6.29. The molecule has 8 nitrogen and oxygen atoms in total. The lowest BCUT2D eigenvalue weighted by atomic mass is 10.0. The van der Waals surface area contributed by atoms with Crippen LogP contribution in [0.5, 0.6) is 5.75 Å². The average molecular weight is 502 g/mol. The quantitative estimate of drug-likeness (QED) is 0.386. The molecule has 0 spiro atoms. The first-order valence-corrected chi connectivity index (χ1v) is 12.2. The van der Waals surface area contributed by atoms with Crippen LogP contribution in [0.2, 0.25) is 5.02 Å². The lowest BCUT2D eigenvalue weighted by molar-refractivity contribution is -0.113. The van der Waals surface area contributed by atoms with E-state index in [1.54, 1.807) is 55.6 Å². The van der Waals surface area contributed by atoms with Gasteiger partial charge in [0, 0.05) is 22.8 Å². The van der Waals surface area contributed by atoms with Crippen LogP contribution in [0.4, 0.5) is 5.69 Å². The van der Waals surface area contributed by atoms with E-state index in [4.69, 9.17) is 16.3 Å². The molecule has 1 unspecified atom stereocenters. The number of carbonyl (C=O) groups excluding carboxylic acids is 2. The van der Waals surface area contributed by atoms with Crippen LogP contribution in [-0.2, 0) is 11.3 Å². The van der Waals surface area contributed by atoms with Gasteiger partial charge in [0.2, 0.25) is 5.91 Å². The first-order valence-electron chi connectivity index (χ1n) is 10.9. The van der Waals surface area contributed by atoms with Gasteiger partial charge in [0.05, 0.1) is 18.9 Å². The molecule has 0 bridgehead atoms. The molecular weight excluding hydrogens is 474 g/mol. The molecule has 2 amide bonds. The van der Waals surface area contributed by atoms with E-state index in [0.29, 0.717) is 39.5 Å². The predicted octanol–water partition coefficient (Wildman–Crippen LogP) is 4.82. The number of halogens is 1. The molecule has 2 aromatic carbocycles. The van der Waals surface area contributed by atoms with Gasteiger partial charge in [-0.25, -0.2) is 0 Å². The molecule has 0 aliphatic heterocycles. The highest BCUT2D eigenvalue weighted by molar-refractivity contribution is 7.99. The molecule has 0 saturated heterocycles. The molecular formula is C24H28ClN5O3S. The van der Waals surface area contributed by atoms with Gasteiger partial charge in [-0.15, -0.1) is 10.2 Å². The summed E-state index contributed by atoms with van der Waals surface area (Å²) in [6.07, 6.45) is 0. The molecule has 180 valence electrons. The van der Waals surface area contributed by atoms with Crippen LogP contribution in [0.25, 0.3) is 0 Å². The summed E-state index contributed by atoms with van der Waals surface area (Å²) < 4.78 is 7.09. The van der Waals surface area contributed by atoms with Crippen LogP contribution in [0.3, 0.4) is 0 Å². The van der Waals surface area contributed by atoms with Crippen molar-refractivity contribution in [2.75, 3.05) is 18.2 Å². The number of methoxy groups -OCH3 is 1.